The Kier molecular flexibility index (Phi) is 4.38. The van der Waals surface area contributed by atoms with E-state index in [1.54, 1.807) is 0 Å². The minimum Gasteiger partial charge on any atom is -0.478 e. The van der Waals surface area contributed by atoms with E-state index in [1.165, 1.54) is 40.7 Å². The molecule has 1 aliphatic heterocycles. The quantitative estimate of drug-likeness (QED) is 0.921. The summed E-state index contributed by atoms with van der Waals surface area (Å²) in [4.78, 5) is 11.0. The maximum absolute atomic E-state index is 14.1. The van der Waals surface area contributed by atoms with Crippen LogP contribution in [0.3, 0.4) is 0 Å². The molecule has 7 heteroatoms. The predicted molar refractivity (Wildman–Crippen MR) is 86.8 cm³/mol. The second kappa shape index (κ2) is 6.33. The monoisotopic (exact) mass is 349 g/mol. The van der Waals surface area contributed by atoms with Gasteiger partial charge in [0.1, 0.15) is 5.82 Å². The van der Waals surface area contributed by atoms with Crippen molar-refractivity contribution in [2.75, 3.05) is 13.1 Å². The lowest BCUT2D eigenvalue weighted by Gasteiger charge is -2.15. The fraction of sp³-hybridized carbons (Fsp3) is 0.235. The maximum atomic E-state index is 14.1. The van der Waals surface area contributed by atoms with Crippen LogP contribution in [0, 0.1) is 5.82 Å². The Morgan fingerprint density at radius 1 is 1.04 bits per heavy atom. The second-order valence-corrected chi connectivity index (χ2v) is 7.57. The summed E-state index contributed by atoms with van der Waals surface area (Å²) in [5, 5.41) is 8.86. The highest BCUT2D eigenvalue weighted by molar-refractivity contribution is 7.89. The maximum Gasteiger partial charge on any atom is 0.335 e. The molecule has 126 valence electrons. The van der Waals surface area contributed by atoms with Crippen molar-refractivity contribution in [1.82, 2.24) is 4.31 Å². The molecule has 0 aromatic heterocycles. The summed E-state index contributed by atoms with van der Waals surface area (Å²) in [6.07, 6.45) is 1.72. The van der Waals surface area contributed by atoms with E-state index >= 15 is 0 Å². The molecule has 3 rings (SSSR count). The van der Waals surface area contributed by atoms with Gasteiger partial charge >= 0.3 is 5.97 Å². The first-order valence-corrected chi connectivity index (χ1v) is 8.97. The number of carboxylic acid groups (broad SMARTS) is 1. The minimum absolute atomic E-state index is 0.135. The molecule has 5 nitrogen and oxygen atoms in total. The van der Waals surface area contributed by atoms with Crippen molar-refractivity contribution in [2.24, 2.45) is 0 Å². The van der Waals surface area contributed by atoms with Gasteiger partial charge in [-0.3, -0.25) is 0 Å². The molecule has 0 atom stereocenters. The average molecular weight is 349 g/mol. The molecule has 1 saturated heterocycles. The Morgan fingerprint density at radius 3 is 2.21 bits per heavy atom. The Labute approximate surface area is 139 Å². The van der Waals surface area contributed by atoms with Crippen LogP contribution in [0.15, 0.2) is 47.4 Å². The molecule has 1 N–H and O–H groups in total. The molecule has 1 aliphatic rings. The zero-order valence-corrected chi connectivity index (χ0v) is 13.6. The van der Waals surface area contributed by atoms with E-state index in [9.17, 15) is 17.6 Å². The highest BCUT2D eigenvalue weighted by atomic mass is 32.2. The fourth-order valence-corrected chi connectivity index (χ4v) is 4.28. The van der Waals surface area contributed by atoms with Crippen LogP contribution in [0.25, 0.3) is 11.1 Å². The first-order valence-electron chi connectivity index (χ1n) is 7.53. The zero-order chi connectivity index (χ0) is 17.3. The molecule has 24 heavy (non-hydrogen) atoms. The molecule has 2 aromatic carbocycles. The average Bonchev–Trinajstić information content (AvgIpc) is 3.10. The topological polar surface area (TPSA) is 74.7 Å². The Hall–Kier alpha value is -2.25. The SMILES string of the molecule is O=C(O)c1ccc(-c2ccc(S(=O)(=O)N3CCCC3)cc2)c(F)c1. The van der Waals surface area contributed by atoms with Crippen LogP contribution in [0.2, 0.25) is 0 Å². The summed E-state index contributed by atoms with van der Waals surface area (Å²) in [6.45, 7) is 1.05. The van der Waals surface area contributed by atoms with Gasteiger partial charge in [-0.05, 0) is 42.7 Å². The molecule has 0 radical (unpaired) electrons. The minimum atomic E-state index is -3.50. The van der Waals surface area contributed by atoms with Crippen molar-refractivity contribution >= 4 is 16.0 Å². The van der Waals surface area contributed by atoms with Gasteiger partial charge in [-0.2, -0.15) is 4.31 Å². The van der Waals surface area contributed by atoms with Gasteiger partial charge in [-0.25, -0.2) is 17.6 Å². The number of carboxylic acids is 1. The second-order valence-electron chi connectivity index (χ2n) is 5.64. The summed E-state index contributed by atoms with van der Waals surface area (Å²) in [5.41, 5.74) is 0.583. The first-order chi connectivity index (χ1) is 11.4. The van der Waals surface area contributed by atoms with Crippen molar-refractivity contribution in [3.8, 4) is 11.1 Å². The highest BCUT2D eigenvalue weighted by Gasteiger charge is 2.27. The zero-order valence-electron chi connectivity index (χ0n) is 12.8. The third kappa shape index (κ3) is 3.05. The molecule has 0 aliphatic carbocycles. The van der Waals surface area contributed by atoms with Gasteiger partial charge in [0, 0.05) is 18.7 Å². The third-order valence-corrected chi connectivity index (χ3v) is 6.00. The van der Waals surface area contributed by atoms with E-state index in [2.05, 4.69) is 0 Å². The van der Waals surface area contributed by atoms with Crippen molar-refractivity contribution in [1.29, 1.82) is 0 Å². The first kappa shape index (κ1) is 16.6. The summed E-state index contributed by atoms with van der Waals surface area (Å²) in [7, 11) is -3.50. The number of halogens is 1. The number of sulfonamides is 1. The lowest BCUT2D eigenvalue weighted by atomic mass is 10.0. The lowest BCUT2D eigenvalue weighted by Crippen LogP contribution is -2.27. The Bertz CT molecular complexity index is 872. The normalized spacial score (nSPS) is 15.5. The molecule has 0 saturated carbocycles. The van der Waals surface area contributed by atoms with Crippen molar-refractivity contribution < 1.29 is 22.7 Å². The standard InChI is InChI=1S/C17H16FNO4S/c18-16-11-13(17(20)21)5-8-15(16)12-3-6-14(7-4-12)24(22,23)19-9-1-2-10-19/h3-8,11H,1-2,9-10H2,(H,20,21). The molecule has 0 amide bonds. The van der Waals surface area contributed by atoms with E-state index in [0.29, 0.717) is 18.7 Å². The van der Waals surface area contributed by atoms with Crippen LogP contribution in [0.5, 0.6) is 0 Å². The molecule has 0 unspecified atom stereocenters. The van der Waals surface area contributed by atoms with Crippen LogP contribution in [-0.2, 0) is 10.0 Å². The fourth-order valence-electron chi connectivity index (χ4n) is 2.77. The van der Waals surface area contributed by atoms with Gasteiger partial charge in [0.2, 0.25) is 10.0 Å². The van der Waals surface area contributed by atoms with Gasteiger partial charge in [-0.1, -0.05) is 18.2 Å². The molecular formula is C17H16FNO4S. The largest absolute Gasteiger partial charge is 0.478 e. The number of nitrogens with zero attached hydrogens (tertiary/aromatic N) is 1. The van der Waals surface area contributed by atoms with E-state index < -0.39 is 21.8 Å². The Morgan fingerprint density at radius 2 is 1.67 bits per heavy atom. The molecule has 1 heterocycles. The Balaban J connectivity index is 1.91. The number of aromatic carboxylic acids is 1. The van der Waals surface area contributed by atoms with Gasteiger partial charge in [0.25, 0.3) is 0 Å². The number of carbonyl (C=O) groups is 1. The molecule has 1 fully saturated rings. The number of benzene rings is 2. The smallest absolute Gasteiger partial charge is 0.335 e. The van der Waals surface area contributed by atoms with Crippen LogP contribution in [0.4, 0.5) is 4.39 Å². The molecule has 0 spiro atoms. The van der Waals surface area contributed by atoms with Gasteiger partial charge in [0.15, 0.2) is 0 Å². The third-order valence-electron chi connectivity index (χ3n) is 4.08. The molecule has 0 bridgehead atoms. The molecule has 2 aromatic rings. The van der Waals surface area contributed by atoms with Crippen LogP contribution in [-0.4, -0.2) is 36.9 Å². The van der Waals surface area contributed by atoms with E-state index in [4.69, 9.17) is 5.11 Å². The lowest BCUT2D eigenvalue weighted by molar-refractivity contribution is 0.0696. The predicted octanol–water partition coefficient (Wildman–Crippen LogP) is 2.98. The van der Waals surface area contributed by atoms with E-state index in [-0.39, 0.29) is 16.0 Å². The highest BCUT2D eigenvalue weighted by Crippen LogP contribution is 2.27. The molecular weight excluding hydrogens is 333 g/mol. The van der Waals surface area contributed by atoms with Gasteiger partial charge in [-0.15, -0.1) is 0 Å². The van der Waals surface area contributed by atoms with E-state index in [0.717, 1.165) is 18.9 Å². The van der Waals surface area contributed by atoms with Crippen molar-refractivity contribution in [2.45, 2.75) is 17.7 Å². The number of hydrogen-bond donors (Lipinski definition) is 1. The number of hydrogen-bond acceptors (Lipinski definition) is 3. The van der Waals surface area contributed by atoms with Crippen LogP contribution < -0.4 is 0 Å². The summed E-state index contributed by atoms with van der Waals surface area (Å²) >= 11 is 0. The van der Waals surface area contributed by atoms with Gasteiger partial charge in [0.05, 0.1) is 10.5 Å². The van der Waals surface area contributed by atoms with Crippen molar-refractivity contribution in [3.05, 3.63) is 53.8 Å². The van der Waals surface area contributed by atoms with E-state index in [1.807, 2.05) is 0 Å². The van der Waals surface area contributed by atoms with Crippen LogP contribution in [0.1, 0.15) is 23.2 Å². The van der Waals surface area contributed by atoms with Crippen LogP contribution >= 0.6 is 0 Å². The summed E-state index contributed by atoms with van der Waals surface area (Å²) in [5.74, 6) is -1.86. The van der Waals surface area contributed by atoms with Gasteiger partial charge < -0.3 is 5.11 Å². The number of rotatable bonds is 4. The van der Waals surface area contributed by atoms with Crippen molar-refractivity contribution in [3.63, 3.8) is 0 Å². The summed E-state index contributed by atoms with van der Waals surface area (Å²) < 4.78 is 40.4. The summed E-state index contributed by atoms with van der Waals surface area (Å²) in [6, 6.07) is 9.61.